The first-order valence-corrected chi connectivity index (χ1v) is 8.48. The molecule has 132 valence electrons. The molecule has 1 aliphatic rings. The van der Waals surface area contributed by atoms with Gasteiger partial charge < -0.3 is 19.4 Å². The highest BCUT2D eigenvalue weighted by Crippen LogP contribution is 2.38. The zero-order chi connectivity index (χ0) is 18.3. The second-order valence-electron chi connectivity index (χ2n) is 6.64. The monoisotopic (exact) mass is 393 g/mol. The van der Waals surface area contributed by atoms with Crippen LogP contribution in [-0.2, 0) is 9.31 Å². The van der Waals surface area contributed by atoms with Crippen LogP contribution in [0, 0.1) is 0 Å². The number of halogens is 3. The molecular weight excluding hydrogens is 375 g/mol. The van der Waals surface area contributed by atoms with Gasteiger partial charge in [-0.3, -0.25) is 4.79 Å². The van der Waals surface area contributed by atoms with Gasteiger partial charge in [0.2, 0.25) is 5.78 Å². The molecule has 2 N–H and O–H groups in total. The highest BCUT2D eigenvalue weighted by Gasteiger charge is 2.52. The molecule has 5 nitrogen and oxygen atoms in total. The molecule has 9 heteroatoms. The molecule has 1 aliphatic heterocycles. The van der Waals surface area contributed by atoms with E-state index in [4.69, 9.17) is 44.1 Å². The third-order valence-corrected chi connectivity index (χ3v) is 4.81. The number of hydrogen-bond acceptors (Lipinski definition) is 4. The minimum Gasteiger partial charge on any atom is -0.400 e. The number of carbonyl (C=O) groups excluding carboxylic acids is 1. The molecule has 0 radical (unpaired) electrons. The number of ketones is 1. The first-order valence-electron chi connectivity index (χ1n) is 7.34. The topological polar surface area (TPSA) is 71.6 Å². The van der Waals surface area contributed by atoms with Crippen LogP contribution in [0.15, 0.2) is 17.7 Å². The lowest BCUT2D eigenvalue weighted by Gasteiger charge is -2.32. The van der Waals surface area contributed by atoms with Crippen molar-refractivity contribution in [3.63, 3.8) is 0 Å². The first kappa shape index (κ1) is 19.8. The number of rotatable bonds is 4. The predicted octanol–water partition coefficient (Wildman–Crippen LogP) is 3.57. The highest BCUT2D eigenvalue weighted by atomic mass is 35.6. The van der Waals surface area contributed by atoms with E-state index < -0.39 is 27.9 Å². The molecule has 1 aromatic rings. The van der Waals surface area contributed by atoms with E-state index in [0.717, 1.165) is 0 Å². The van der Waals surface area contributed by atoms with Crippen molar-refractivity contribution in [2.24, 2.45) is 0 Å². The number of aliphatic hydroxyl groups is 1. The fraction of sp³-hybridized carbons (Fsp3) is 0.533. The Hall–Kier alpha value is -0.495. The summed E-state index contributed by atoms with van der Waals surface area (Å²) >= 11 is 16.8. The normalized spacial score (nSPS) is 20.5. The Morgan fingerprint density at radius 3 is 2.29 bits per heavy atom. The third kappa shape index (κ3) is 4.01. The molecule has 2 heterocycles. The summed E-state index contributed by atoms with van der Waals surface area (Å²) in [7, 11) is -0.678. The maximum Gasteiger partial charge on any atom is 0.492 e. The van der Waals surface area contributed by atoms with E-state index in [1.807, 2.05) is 27.7 Å². The van der Waals surface area contributed by atoms with Gasteiger partial charge in [0.25, 0.3) is 3.79 Å². The Balaban J connectivity index is 2.24. The van der Waals surface area contributed by atoms with Crippen molar-refractivity contribution in [2.45, 2.75) is 42.7 Å². The van der Waals surface area contributed by atoms with Crippen LogP contribution in [0.2, 0.25) is 0 Å². The number of Topliss-reactive ketones (excluding diaryl/α,β-unsaturated/α-hetero) is 1. The maximum atomic E-state index is 11.9. The zero-order valence-electron chi connectivity index (χ0n) is 13.8. The second-order valence-corrected chi connectivity index (χ2v) is 8.92. The Labute approximate surface area is 156 Å². The average molecular weight is 394 g/mol. The van der Waals surface area contributed by atoms with Crippen molar-refractivity contribution in [3.8, 4) is 0 Å². The van der Waals surface area contributed by atoms with E-state index in [2.05, 4.69) is 4.98 Å². The zero-order valence-corrected chi connectivity index (χ0v) is 16.1. The number of aromatic nitrogens is 1. The number of alkyl halides is 3. The molecule has 1 saturated heterocycles. The molecular formula is C15H19BCl3NO4. The van der Waals surface area contributed by atoms with Crippen molar-refractivity contribution < 1.29 is 19.2 Å². The minimum absolute atomic E-state index is 0.160. The SMILES string of the molecule is CC1(C)OB(C(=Cc2c[nH]c(C(=O)C(Cl)(Cl)Cl)c2)CO)OC1(C)C. The van der Waals surface area contributed by atoms with Crippen molar-refractivity contribution in [2.75, 3.05) is 6.61 Å². The van der Waals surface area contributed by atoms with Crippen LogP contribution < -0.4 is 0 Å². The Morgan fingerprint density at radius 2 is 1.83 bits per heavy atom. The Morgan fingerprint density at radius 1 is 1.29 bits per heavy atom. The average Bonchev–Trinajstić information content (AvgIpc) is 2.97. The summed E-state index contributed by atoms with van der Waals surface area (Å²) in [5.74, 6) is -0.659. The van der Waals surface area contributed by atoms with Crippen LogP contribution >= 0.6 is 34.8 Å². The van der Waals surface area contributed by atoms with Crippen LogP contribution in [0.3, 0.4) is 0 Å². The highest BCUT2D eigenvalue weighted by molar-refractivity contribution is 6.77. The molecule has 0 amide bonds. The van der Waals surface area contributed by atoms with E-state index in [1.54, 1.807) is 12.3 Å². The molecule has 0 aromatic carbocycles. The standard InChI is InChI=1S/C15H19BCl3NO4/c1-13(2)14(3,4)24-16(23-13)10(8-21)5-9-6-11(20-7-9)12(22)15(17,18)19/h5-7,20-21H,8H2,1-4H3. The molecule has 0 saturated carbocycles. The summed E-state index contributed by atoms with van der Waals surface area (Å²) in [6.07, 6.45) is 3.25. The lowest BCUT2D eigenvalue weighted by Crippen LogP contribution is -2.41. The number of nitrogens with one attached hydrogen (secondary N) is 1. The lowest BCUT2D eigenvalue weighted by atomic mass is 9.77. The van der Waals surface area contributed by atoms with Crippen LogP contribution in [0.5, 0.6) is 0 Å². The molecule has 0 atom stereocenters. The lowest BCUT2D eigenvalue weighted by molar-refractivity contribution is 0.00578. The fourth-order valence-corrected chi connectivity index (χ4v) is 2.48. The van der Waals surface area contributed by atoms with Crippen LogP contribution in [0.4, 0.5) is 0 Å². The van der Waals surface area contributed by atoms with E-state index >= 15 is 0 Å². The molecule has 0 aliphatic carbocycles. The minimum atomic E-state index is -2.03. The van der Waals surface area contributed by atoms with Crippen LogP contribution in [0.1, 0.15) is 43.7 Å². The molecule has 1 aromatic heterocycles. The summed E-state index contributed by atoms with van der Waals surface area (Å²) in [5, 5.41) is 9.66. The van der Waals surface area contributed by atoms with Gasteiger partial charge in [-0.15, -0.1) is 0 Å². The van der Waals surface area contributed by atoms with E-state index in [9.17, 15) is 9.90 Å². The largest absolute Gasteiger partial charge is 0.492 e. The van der Waals surface area contributed by atoms with Gasteiger partial charge in [-0.2, -0.15) is 0 Å². The van der Waals surface area contributed by atoms with Gasteiger partial charge in [0.1, 0.15) is 0 Å². The number of aromatic amines is 1. The van der Waals surface area contributed by atoms with Crippen molar-refractivity contribution in [3.05, 3.63) is 29.0 Å². The summed E-state index contributed by atoms with van der Waals surface area (Å²) in [6, 6.07) is 1.53. The van der Waals surface area contributed by atoms with E-state index in [-0.39, 0.29) is 12.3 Å². The van der Waals surface area contributed by atoms with Crippen molar-refractivity contribution in [1.82, 2.24) is 4.98 Å². The second kappa shape index (κ2) is 6.67. The maximum absolute atomic E-state index is 11.9. The molecule has 0 spiro atoms. The van der Waals surface area contributed by atoms with Crippen molar-refractivity contribution in [1.29, 1.82) is 0 Å². The number of hydrogen-bond donors (Lipinski definition) is 2. The smallest absolute Gasteiger partial charge is 0.400 e. The van der Waals surface area contributed by atoms with Gasteiger partial charge in [-0.05, 0) is 44.8 Å². The molecule has 0 bridgehead atoms. The summed E-state index contributed by atoms with van der Waals surface area (Å²) in [4.78, 5) is 14.7. The predicted molar refractivity (Wildman–Crippen MR) is 96.6 cm³/mol. The summed E-state index contributed by atoms with van der Waals surface area (Å²) in [6.45, 7) is 7.45. The molecule has 2 rings (SSSR count). The fourth-order valence-electron chi connectivity index (χ4n) is 2.17. The van der Waals surface area contributed by atoms with Gasteiger partial charge in [0.15, 0.2) is 0 Å². The third-order valence-electron chi connectivity index (χ3n) is 4.30. The van der Waals surface area contributed by atoms with Crippen LogP contribution in [0.25, 0.3) is 6.08 Å². The Kier molecular flexibility index (Phi) is 5.51. The quantitative estimate of drug-likeness (QED) is 0.465. The van der Waals surface area contributed by atoms with Gasteiger partial charge in [0, 0.05) is 6.20 Å². The van der Waals surface area contributed by atoms with E-state index in [0.29, 0.717) is 11.0 Å². The number of aliphatic hydroxyl groups excluding tert-OH is 1. The summed E-state index contributed by atoms with van der Waals surface area (Å²) < 4.78 is 9.78. The van der Waals surface area contributed by atoms with Crippen LogP contribution in [-0.4, -0.2) is 44.6 Å². The Bertz CT molecular complexity index is 648. The molecule has 0 unspecified atom stereocenters. The van der Waals surface area contributed by atoms with Gasteiger partial charge in [-0.1, -0.05) is 40.9 Å². The summed E-state index contributed by atoms with van der Waals surface area (Å²) in [5.41, 5.74) is 0.292. The van der Waals surface area contributed by atoms with E-state index in [1.165, 1.54) is 6.07 Å². The van der Waals surface area contributed by atoms with Gasteiger partial charge in [-0.25, -0.2) is 0 Å². The van der Waals surface area contributed by atoms with Gasteiger partial charge >= 0.3 is 7.12 Å². The number of carbonyl (C=O) groups is 1. The van der Waals surface area contributed by atoms with Crippen molar-refractivity contribution >= 4 is 53.8 Å². The molecule has 24 heavy (non-hydrogen) atoms. The molecule has 1 fully saturated rings. The van der Waals surface area contributed by atoms with Gasteiger partial charge in [0.05, 0.1) is 23.5 Å². The number of H-pyrrole nitrogens is 1. The first-order chi connectivity index (χ1) is 10.9.